The van der Waals surface area contributed by atoms with Crippen LogP contribution in [0.1, 0.15) is 123 Å². The van der Waals surface area contributed by atoms with Crippen molar-refractivity contribution in [2.75, 3.05) is 26.4 Å². The van der Waals surface area contributed by atoms with Gasteiger partial charge in [0.15, 0.2) is 18.9 Å². The molecule has 3 aliphatic rings. The lowest BCUT2D eigenvalue weighted by atomic mass is 9.96. The Labute approximate surface area is 365 Å². The summed E-state index contributed by atoms with van der Waals surface area (Å²) in [5, 5.41) is 119. The Bertz CT molecular complexity index is 1220. The molecule has 0 spiro atoms. The van der Waals surface area contributed by atoms with Crippen molar-refractivity contribution in [3.8, 4) is 0 Å². The molecule has 17 unspecified atom stereocenters. The smallest absolute Gasteiger partial charge is 0.220 e. The maximum Gasteiger partial charge on any atom is 0.220 e. The van der Waals surface area contributed by atoms with Gasteiger partial charge in [0.05, 0.1) is 38.6 Å². The zero-order chi connectivity index (χ0) is 45.6. The summed E-state index contributed by atoms with van der Waals surface area (Å²) in [7, 11) is 0. The predicted molar refractivity (Wildman–Crippen MR) is 222 cm³/mol. The Hall–Kier alpha value is -1.47. The van der Waals surface area contributed by atoms with E-state index in [1.165, 1.54) is 51.4 Å². The highest BCUT2D eigenvalue weighted by atomic mass is 16.8. The van der Waals surface area contributed by atoms with Crippen molar-refractivity contribution in [1.29, 1.82) is 0 Å². The fourth-order valence-corrected chi connectivity index (χ4v) is 7.89. The number of unbranched alkanes of at least 4 members (excludes halogenated alkanes) is 14. The number of allylic oxidation sites excluding steroid dienone is 1. The molecule has 12 N–H and O–H groups in total. The Balaban J connectivity index is 1.61. The van der Waals surface area contributed by atoms with Gasteiger partial charge in [-0.3, -0.25) is 4.79 Å². The third kappa shape index (κ3) is 17.1. The van der Waals surface area contributed by atoms with Crippen molar-refractivity contribution in [2.24, 2.45) is 0 Å². The number of amides is 1. The summed E-state index contributed by atoms with van der Waals surface area (Å²) in [4.78, 5) is 13.0. The third-order valence-electron chi connectivity index (χ3n) is 11.8. The maximum absolute atomic E-state index is 13.0. The zero-order valence-electron chi connectivity index (χ0n) is 36.6. The molecule has 3 aliphatic heterocycles. The van der Waals surface area contributed by atoms with Crippen LogP contribution in [0.3, 0.4) is 0 Å². The SMILES string of the molecule is CCCCCCCCC/C=C/C(O)C(COC1OC(CO)C(OC2OC(CO)C(OC3OC(CO)C(O)C(O)C3O)C(O)C2O)C(O)C1O)NC(=O)CCCCCCCCCC. The van der Waals surface area contributed by atoms with Crippen molar-refractivity contribution in [1.82, 2.24) is 5.32 Å². The van der Waals surface area contributed by atoms with Gasteiger partial charge in [0, 0.05) is 6.42 Å². The molecule has 0 aromatic rings. The molecule has 3 rings (SSSR count). The van der Waals surface area contributed by atoms with E-state index in [2.05, 4.69) is 19.2 Å². The predicted octanol–water partition coefficient (Wildman–Crippen LogP) is -0.475. The minimum Gasteiger partial charge on any atom is -0.394 e. The van der Waals surface area contributed by atoms with Crippen molar-refractivity contribution in [3.63, 3.8) is 0 Å². The van der Waals surface area contributed by atoms with E-state index in [4.69, 9.17) is 28.4 Å². The van der Waals surface area contributed by atoms with Gasteiger partial charge in [-0.25, -0.2) is 0 Å². The molecular formula is C43H79NO18. The van der Waals surface area contributed by atoms with Crippen molar-refractivity contribution in [2.45, 2.75) is 227 Å². The van der Waals surface area contributed by atoms with Gasteiger partial charge in [0.1, 0.15) is 73.2 Å². The van der Waals surface area contributed by atoms with Crippen LogP contribution in [-0.2, 0) is 33.2 Å². The van der Waals surface area contributed by atoms with Crippen molar-refractivity contribution in [3.05, 3.63) is 12.2 Å². The molecule has 62 heavy (non-hydrogen) atoms. The van der Waals surface area contributed by atoms with Crippen molar-refractivity contribution >= 4 is 5.91 Å². The Kier molecular flexibility index (Phi) is 26.5. The number of ether oxygens (including phenoxy) is 6. The molecule has 0 aromatic carbocycles. The molecule has 364 valence electrons. The average Bonchev–Trinajstić information content (AvgIpc) is 3.26. The first-order valence-electron chi connectivity index (χ1n) is 22.9. The van der Waals surface area contributed by atoms with Crippen LogP contribution >= 0.6 is 0 Å². The summed E-state index contributed by atoms with van der Waals surface area (Å²) in [6, 6.07) is -0.961. The summed E-state index contributed by atoms with van der Waals surface area (Å²) in [5.41, 5.74) is 0. The largest absolute Gasteiger partial charge is 0.394 e. The van der Waals surface area contributed by atoms with Gasteiger partial charge in [-0.1, -0.05) is 109 Å². The summed E-state index contributed by atoms with van der Waals surface area (Å²) in [6.07, 6.45) is -5.86. The number of aliphatic hydroxyl groups excluding tert-OH is 11. The number of hydrogen-bond donors (Lipinski definition) is 12. The van der Waals surface area contributed by atoms with E-state index < -0.39 is 124 Å². The van der Waals surface area contributed by atoms with Crippen LogP contribution in [0.5, 0.6) is 0 Å². The van der Waals surface area contributed by atoms with Crippen LogP contribution in [0.4, 0.5) is 0 Å². The molecule has 0 aromatic heterocycles. The molecule has 0 bridgehead atoms. The lowest BCUT2D eigenvalue weighted by molar-refractivity contribution is -0.379. The van der Waals surface area contributed by atoms with Crippen LogP contribution in [0.15, 0.2) is 12.2 Å². The second kappa shape index (κ2) is 29.9. The lowest BCUT2D eigenvalue weighted by Gasteiger charge is -2.48. The highest BCUT2D eigenvalue weighted by molar-refractivity contribution is 5.76. The van der Waals surface area contributed by atoms with Crippen LogP contribution in [0.2, 0.25) is 0 Å². The van der Waals surface area contributed by atoms with Crippen LogP contribution in [0.25, 0.3) is 0 Å². The van der Waals surface area contributed by atoms with E-state index in [1.807, 2.05) is 6.08 Å². The first-order valence-corrected chi connectivity index (χ1v) is 22.9. The van der Waals surface area contributed by atoms with E-state index in [0.717, 1.165) is 44.9 Å². The Morgan fingerprint density at radius 1 is 0.565 bits per heavy atom. The third-order valence-corrected chi connectivity index (χ3v) is 11.8. The molecule has 3 fully saturated rings. The van der Waals surface area contributed by atoms with E-state index in [9.17, 15) is 61.0 Å². The van der Waals surface area contributed by atoms with Crippen LogP contribution in [-0.4, -0.2) is 193 Å². The van der Waals surface area contributed by atoms with Gasteiger partial charge in [-0.2, -0.15) is 0 Å². The number of rotatable bonds is 30. The topological polar surface area (TPSA) is 307 Å². The molecular weight excluding hydrogens is 818 g/mol. The second-order valence-electron chi connectivity index (χ2n) is 16.9. The van der Waals surface area contributed by atoms with Gasteiger partial charge in [0.2, 0.25) is 5.91 Å². The summed E-state index contributed by atoms with van der Waals surface area (Å²) in [6.45, 7) is 1.58. The molecule has 3 saturated heterocycles. The number of carbonyl (C=O) groups is 1. The summed E-state index contributed by atoms with van der Waals surface area (Å²) in [5.74, 6) is -0.286. The molecule has 1 amide bonds. The molecule has 0 aliphatic carbocycles. The quantitative estimate of drug-likeness (QED) is 0.0320. The number of carbonyl (C=O) groups excluding carboxylic acids is 1. The second-order valence-corrected chi connectivity index (χ2v) is 16.9. The van der Waals surface area contributed by atoms with Crippen LogP contribution < -0.4 is 5.32 Å². The molecule has 3 heterocycles. The van der Waals surface area contributed by atoms with Gasteiger partial charge >= 0.3 is 0 Å². The van der Waals surface area contributed by atoms with E-state index in [-0.39, 0.29) is 18.9 Å². The fraction of sp³-hybridized carbons (Fsp3) is 0.930. The normalized spacial score (nSPS) is 35.3. The van der Waals surface area contributed by atoms with Crippen molar-refractivity contribution < 1.29 is 89.4 Å². The average molecular weight is 898 g/mol. The molecule has 0 saturated carbocycles. The molecule has 0 radical (unpaired) electrons. The molecule has 19 heteroatoms. The monoisotopic (exact) mass is 898 g/mol. The van der Waals surface area contributed by atoms with Gasteiger partial charge in [0.25, 0.3) is 0 Å². The Morgan fingerprint density at radius 3 is 1.52 bits per heavy atom. The lowest BCUT2D eigenvalue weighted by Crippen LogP contribution is -2.66. The van der Waals surface area contributed by atoms with E-state index in [0.29, 0.717) is 6.42 Å². The fourth-order valence-electron chi connectivity index (χ4n) is 7.89. The Morgan fingerprint density at radius 2 is 1.00 bits per heavy atom. The van der Waals surface area contributed by atoms with Gasteiger partial charge < -0.3 is 89.9 Å². The van der Waals surface area contributed by atoms with Gasteiger partial charge in [-0.15, -0.1) is 0 Å². The van der Waals surface area contributed by atoms with E-state index >= 15 is 0 Å². The maximum atomic E-state index is 13.0. The molecule has 17 atom stereocenters. The van der Waals surface area contributed by atoms with Gasteiger partial charge in [-0.05, 0) is 19.3 Å². The molecule has 19 nitrogen and oxygen atoms in total. The minimum atomic E-state index is -1.97. The first-order chi connectivity index (χ1) is 29.8. The summed E-state index contributed by atoms with van der Waals surface area (Å²) < 4.78 is 33.9. The first kappa shape index (κ1) is 54.9. The van der Waals surface area contributed by atoms with Crippen LogP contribution in [0, 0.1) is 0 Å². The number of hydrogen-bond acceptors (Lipinski definition) is 18. The van der Waals surface area contributed by atoms with E-state index in [1.54, 1.807) is 6.08 Å². The summed E-state index contributed by atoms with van der Waals surface area (Å²) >= 11 is 0. The highest BCUT2D eigenvalue weighted by Crippen LogP contribution is 2.33. The number of nitrogens with one attached hydrogen (secondary N) is 1. The standard InChI is InChI=1S/C43H79NO18/c1-3-5-7-9-11-13-14-16-18-20-27(48)26(44-31(49)21-19-17-15-12-10-8-6-4-2)25-57-41-37(55)34(52)39(29(23-46)59-41)62-43-38(56)35(53)40(30(24-47)60-43)61-42-36(54)33(51)32(50)28(22-45)58-42/h18,20,26-30,32-43,45-48,50-56H,3-17,19,21-25H2,1-2H3,(H,44,49)/b20-18+. The highest BCUT2D eigenvalue weighted by Gasteiger charge is 2.53. The number of aliphatic hydroxyl groups is 11. The minimum absolute atomic E-state index is 0.244. The zero-order valence-corrected chi connectivity index (χ0v) is 36.6.